The molecule has 2 N–H and O–H groups in total. The summed E-state index contributed by atoms with van der Waals surface area (Å²) in [6.07, 6.45) is 3.04. The van der Waals surface area contributed by atoms with E-state index >= 15 is 0 Å². The molecule has 1 heterocycles. The molecule has 0 aliphatic carbocycles. The van der Waals surface area contributed by atoms with Gasteiger partial charge < -0.3 is 20.1 Å². The molecule has 0 bridgehead atoms. The molecule has 2 aromatic rings. The van der Waals surface area contributed by atoms with Crippen molar-refractivity contribution < 1.29 is 9.47 Å². The van der Waals surface area contributed by atoms with Crippen LogP contribution in [0.4, 0.5) is 0 Å². The van der Waals surface area contributed by atoms with E-state index in [2.05, 4.69) is 65.0 Å². The zero-order valence-electron chi connectivity index (χ0n) is 17.4. The van der Waals surface area contributed by atoms with Gasteiger partial charge in [-0.05, 0) is 42.5 Å². The van der Waals surface area contributed by atoms with Crippen molar-refractivity contribution in [2.45, 2.75) is 26.2 Å². The Morgan fingerprint density at radius 2 is 2.03 bits per heavy atom. The van der Waals surface area contributed by atoms with Crippen molar-refractivity contribution in [1.82, 2.24) is 10.6 Å². The molecular weight excluding hydrogens is 477 g/mol. The predicted octanol–water partition coefficient (Wildman–Crippen LogP) is 4.00. The third kappa shape index (κ3) is 8.10. The lowest BCUT2D eigenvalue weighted by Gasteiger charge is -2.12. The first kappa shape index (κ1) is 23.9. The minimum atomic E-state index is 0. The standard InChI is InChI=1S/C23H33N3O2.HI/c1-2-24-23(25-13-6-15-27-17-19-12-16-28-18-19)26-14-11-21-9-5-8-20-7-3-4-10-22(20)21;/h3-5,7-10,19H,2,6,11-18H2,1H3,(H2,24,25,26);1H. The van der Waals surface area contributed by atoms with Crippen LogP contribution in [0.15, 0.2) is 47.5 Å². The Labute approximate surface area is 191 Å². The van der Waals surface area contributed by atoms with Crippen molar-refractivity contribution >= 4 is 40.7 Å². The molecule has 0 radical (unpaired) electrons. The maximum absolute atomic E-state index is 5.75. The third-order valence-electron chi connectivity index (χ3n) is 5.01. The second-order valence-corrected chi connectivity index (χ2v) is 7.23. The Morgan fingerprint density at radius 3 is 2.86 bits per heavy atom. The first-order valence-corrected chi connectivity index (χ1v) is 10.5. The topological polar surface area (TPSA) is 54.9 Å². The van der Waals surface area contributed by atoms with Crippen molar-refractivity contribution in [2.24, 2.45) is 10.9 Å². The van der Waals surface area contributed by atoms with E-state index in [-0.39, 0.29) is 24.0 Å². The maximum atomic E-state index is 5.75. The number of halogens is 1. The molecule has 0 aromatic heterocycles. The second kappa shape index (κ2) is 13.8. The zero-order valence-corrected chi connectivity index (χ0v) is 19.7. The van der Waals surface area contributed by atoms with Crippen LogP contribution in [-0.4, -0.2) is 52.0 Å². The molecule has 1 aliphatic rings. The van der Waals surface area contributed by atoms with Crippen LogP contribution in [0, 0.1) is 5.92 Å². The number of guanidine groups is 1. The van der Waals surface area contributed by atoms with Gasteiger partial charge in [-0.25, -0.2) is 0 Å². The Kier molecular flexibility index (Phi) is 11.3. The zero-order chi connectivity index (χ0) is 19.4. The third-order valence-corrected chi connectivity index (χ3v) is 5.01. The van der Waals surface area contributed by atoms with Crippen molar-refractivity contribution in [2.75, 3.05) is 46.1 Å². The van der Waals surface area contributed by atoms with Gasteiger partial charge in [-0.15, -0.1) is 24.0 Å². The largest absolute Gasteiger partial charge is 0.381 e. The Hall–Kier alpha value is -1.38. The number of rotatable bonds is 10. The molecule has 1 saturated heterocycles. The van der Waals surface area contributed by atoms with E-state index in [9.17, 15) is 0 Å². The van der Waals surface area contributed by atoms with Crippen molar-refractivity contribution in [3.05, 3.63) is 48.0 Å². The van der Waals surface area contributed by atoms with E-state index in [1.807, 2.05) is 0 Å². The fourth-order valence-electron chi connectivity index (χ4n) is 3.49. The van der Waals surface area contributed by atoms with Gasteiger partial charge in [0.05, 0.1) is 13.2 Å². The van der Waals surface area contributed by atoms with E-state index in [4.69, 9.17) is 9.47 Å². The minimum Gasteiger partial charge on any atom is -0.381 e. The molecule has 3 rings (SSSR count). The van der Waals surface area contributed by atoms with Gasteiger partial charge in [-0.2, -0.15) is 0 Å². The smallest absolute Gasteiger partial charge is 0.191 e. The van der Waals surface area contributed by atoms with Crippen LogP contribution in [0.3, 0.4) is 0 Å². The fraction of sp³-hybridized carbons (Fsp3) is 0.522. The van der Waals surface area contributed by atoms with Gasteiger partial charge in [-0.3, -0.25) is 4.99 Å². The summed E-state index contributed by atoms with van der Waals surface area (Å²) < 4.78 is 11.1. The van der Waals surface area contributed by atoms with Gasteiger partial charge in [0.1, 0.15) is 0 Å². The number of nitrogens with one attached hydrogen (secondary N) is 2. The van der Waals surface area contributed by atoms with E-state index in [0.29, 0.717) is 5.92 Å². The highest BCUT2D eigenvalue weighted by Gasteiger charge is 2.15. The van der Waals surface area contributed by atoms with E-state index < -0.39 is 0 Å². The van der Waals surface area contributed by atoms with E-state index in [1.165, 1.54) is 16.3 Å². The van der Waals surface area contributed by atoms with Crippen LogP contribution < -0.4 is 10.6 Å². The number of hydrogen-bond donors (Lipinski definition) is 2. The predicted molar refractivity (Wildman–Crippen MR) is 131 cm³/mol. The molecular formula is C23H34IN3O2. The second-order valence-electron chi connectivity index (χ2n) is 7.23. The molecule has 6 heteroatoms. The average molecular weight is 511 g/mol. The Bertz CT molecular complexity index is 742. The molecule has 1 aliphatic heterocycles. The van der Waals surface area contributed by atoms with Crippen molar-refractivity contribution in [1.29, 1.82) is 0 Å². The first-order chi connectivity index (χ1) is 13.9. The monoisotopic (exact) mass is 511 g/mol. The number of aliphatic imine (C=N–C) groups is 1. The molecule has 0 amide bonds. The van der Waals surface area contributed by atoms with E-state index in [0.717, 1.165) is 71.3 Å². The van der Waals surface area contributed by atoms with Crippen LogP contribution in [0.2, 0.25) is 0 Å². The summed E-state index contributed by atoms with van der Waals surface area (Å²) in [5.41, 5.74) is 1.37. The van der Waals surface area contributed by atoms with Gasteiger partial charge >= 0.3 is 0 Å². The van der Waals surface area contributed by atoms with E-state index in [1.54, 1.807) is 0 Å². The molecule has 2 aromatic carbocycles. The van der Waals surface area contributed by atoms with Gasteiger partial charge in [-0.1, -0.05) is 42.5 Å². The summed E-state index contributed by atoms with van der Waals surface area (Å²) >= 11 is 0. The number of nitrogens with zero attached hydrogens (tertiary/aromatic N) is 1. The highest BCUT2D eigenvalue weighted by molar-refractivity contribution is 14.0. The molecule has 1 fully saturated rings. The number of benzene rings is 2. The molecule has 29 heavy (non-hydrogen) atoms. The SMILES string of the molecule is CCNC(=NCCCOCC1CCOC1)NCCc1cccc2ccccc12.I. The summed E-state index contributed by atoms with van der Waals surface area (Å²) in [6.45, 7) is 7.89. The lowest BCUT2D eigenvalue weighted by atomic mass is 10.0. The van der Waals surface area contributed by atoms with Crippen LogP contribution in [0.1, 0.15) is 25.3 Å². The van der Waals surface area contributed by atoms with Gasteiger partial charge in [0.25, 0.3) is 0 Å². The summed E-state index contributed by atoms with van der Waals surface area (Å²) in [5, 5.41) is 9.40. The van der Waals surface area contributed by atoms with Crippen LogP contribution >= 0.6 is 24.0 Å². The Morgan fingerprint density at radius 1 is 1.17 bits per heavy atom. The quantitative estimate of drug-likeness (QED) is 0.219. The van der Waals surface area contributed by atoms with Crippen LogP contribution in [0.25, 0.3) is 10.8 Å². The minimum absolute atomic E-state index is 0. The maximum Gasteiger partial charge on any atom is 0.191 e. The van der Waals surface area contributed by atoms with Gasteiger partial charge in [0.15, 0.2) is 5.96 Å². The molecule has 0 saturated carbocycles. The highest BCUT2D eigenvalue weighted by atomic mass is 127. The average Bonchev–Trinajstić information content (AvgIpc) is 3.24. The molecule has 5 nitrogen and oxygen atoms in total. The summed E-state index contributed by atoms with van der Waals surface area (Å²) in [7, 11) is 0. The van der Waals surface area contributed by atoms with Crippen LogP contribution in [0.5, 0.6) is 0 Å². The molecule has 1 atom stereocenters. The van der Waals surface area contributed by atoms with Crippen molar-refractivity contribution in [3.63, 3.8) is 0 Å². The van der Waals surface area contributed by atoms with Gasteiger partial charge in [0.2, 0.25) is 0 Å². The first-order valence-electron chi connectivity index (χ1n) is 10.5. The number of hydrogen-bond acceptors (Lipinski definition) is 3. The summed E-state index contributed by atoms with van der Waals surface area (Å²) in [5.74, 6) is 1.46. The fourth-order valence-corrected chi connectivity index (χ4v) is 3.49. The van der Waals surface area contributed by atoms with Gasteiger partial charge in [0, 0.05) is 38.8 Å². The number of ether oxygens (including phenoxy) is 2. The summed E-state index contributed by atoms with van der Waals surface area (Å²) in [4.78, 5) is 4.67. The normalized spacial score (nSPS) is 16.6. The van der Waals surface area contributed by atoms with Crippen molar-refractivity contribution in [3.8, 4) is 0 Å². The van der Waals surface area contributed by atoms with Crippen LogP contribution in [-0.2, 0) is 15.9 Å². The lowest BCUT2D eigenvalue weighted by Crippen LogP contribution is -2.38. The number of fused-ring (bicyclic) bond motifs is 1. The molecule has 0 spiro atoms. The molecule has 1 unspecified atom stereocenters. The lowest BCUT2D eigenvalue weighted by molar-refractivity contribution is 0.0893. The summed E-state index contributed by atoms with van der Waals surface area (Å²) in [6, 6.07) is 15.1. The highest BCUT2D eigenvalue weighted by Crippen LogP contribution is 2.18. The Balaban J connectivity index is 0.00000300. The molecule has 160 valence electrons.